The van der Waals surface area contributed by atoms with Crippen LogP contribution in [0.15, 0.2) is 22.7 Å². The van der Waals surface area contributed by atoms with Crippen LogP contribution in [0, 0.1) is 20.8 Å². The highest BCUT2D eigenvalue weighted by molar-refractivity contribution is 5.96. The van der Waals surface area contributed by atoms with Crippen LogP contribution in [0.25, 0.3) is 0 Å². The quantitative estimate of drug-likeness (QED) is 0.900. The van der Waals surface area contributed by atoms with Crippen molar-refractivity contribution in [2.45, 2.75) is 20.8 Å². The Morgan fingerprint density at radius 1 is 1.04 bits per heavy atom. The minimum Gasteiger partial charge on any atom is -0.505 e. The van der Waals surface area contributed by atoms with E-state index in [-0.39, 0.29) is 23.3 Å². The van der Waals surface area contributed by atoms with Gasteiger partial charge < -0.3 is 19.3 Å². The minimum atomic E-state index is -0.320. The predicted octanol–water partition coefficient (Wildman–Crippen LogP) is 1.90. The first-order chi connectivity index (χ1) is 11.9. The molecular formula is C18H21N3O4. The van der Waals surface area contributed by atoms with Gasteiger partial charge in [-0.05, 0) is 38.5 Å². The van der Waals surface area contributed by atoms with E-state index in [9.17, 15) is 14.7 Å². The van der Waals surface area contributed by atoms with Crippen molar-refractivity contribution in [3.63, 3.8) is 0 Å². The largest absolute Gasteiger partial charge is 0.505 e. The van der Waals surface area contributed by atoms with E-state index < -0.39 is 0 Å². The third-order valence-electron chi connectivity index (χ3n) is 4.33. The fourth-order valence-electron chi connectivity index (χ4n) is 2.99. The van der Waals surface area contributed by atoms with E-state index in [0.717, 1.165) is 5.56 Å². The molecule has 0 saturated carbocycles. The van der Waals surface area contributed by atoms with Gasteiger partial charge in [0.1, 0.15) is 17.3 Å². The molecule has 1 aliphatic rings. The highest BCUT2D eigenvalue weighted by atomic mass is 16.3. The number of aromatic nitrogens is 1. The lowest BCUT2D eigenvalue weighted by molar-refractivity contribution is 0.0529. The van der Waals surface area contributed by atoms with Crippen LogP contribution in [-0.4, -0.2) is 57.9 Å². The molecule has 0 aromatic carbocycles. The maximum atomic E-state index is 12.6. The Morgan fingerprint density at radius 2 is 1.64 bits per heavy atom. The van der Waals surface area contributed by atoms with Crippen molar-refractivity contribution in [1.82, 2.24) is 14.8 Å². The molecule has 132 valence electrons. The molecule has 0 bridgehead atoms. The van der Waals surface area contributed by atoms with E-state index in [2.05, 4.69) is 4.98 Å². The van der Waals surface area contributed by atoms with Crippen LogP contribution < -0.4 is 0 Å². The molecule has 0 atom stereocenters. The molecule has 0 spiro atoms. The van der Waals surface area contributed by atoms with Gasteiger partial charge in [-0.15, -0.1) is 0 Å². The maximum absolute atomic E-state index is 12.6. The SMILES string of the molecule is Cc1cnc(C(=O)N2CCN(C(=O)c3cc(C)oc3C)CC2)c(O)c1. The normalized spacial score (nSPS) is 14.7. The van der Waals surface area contributed by atoms with Crippen molar-refractivity contribution in [2.24, 2.45) is 0 Å². The average Bonchev–Trinajstić information content (AvgIpc) is 2.92. The molecule has 0 aliphatic carbocycles. The zero-order valence-corrected chi connectivity index (χ0v) is 14.6. The summed E-state index contributed by atoms with van der Waals surface area (Å²) in [6.45, 7) is 7.03. The molecule has 0 unspecified atom stereocenters. The molecule has 7 nitrogen and oxygen atoms in total. The van der Waals surface area contributed by atoms with E-state index in [0.29, 0.717) is 43.3 Å². The van der Waals surface area contributed by atoms with Gasteiger partial charge in [-0.1, -0.05) is 0 Å². The first-order valence-corrected chi connectivity index (χ1v) is 8.18. The second kappa shape index (κ2) is 6.58. The van der Waals surface area contributed by atoms with Gasteiger partial charge in [0.05, 0.1) is 5.56 Å². The summed E-state index contributed by atoms with van der Waals surface area (Å²) in [5, 5.41) is 9.93. The number of piperazine rings is 1. The third-order valence-corrected chi connectivity index (χ3v) is 4.33. The average molecular weight is 343 g/mol. The Kier molecular flexibility index (Phi) is 4.48. The van der Waals surface area contributed by atoms with Crippen LogP contribution in [-0.2, 0) is 0 Å². The first kappa shape index (κ1) is 17.0. The fourth-order valence-corrected chi connectivity index (χ4v) is 2.99. The molecule has 2 amide bonds. The number of rotatable bonds is 2. The molecule has 0 radical (unpaired) electrons. The highest BCUT2D eigenvalue weighted by Gasteiger charge is 2.28. The molecule has 1 N–H and O–H groups in total. The van der Waals surface area contributed by atoms with Crippen LogP contribution in [0.3, 0.4) is 0 Å². The maximum Gasteiger partial charge on any atom is 0.276 e. The number of hydrogen-bond acceptors (Lipinski definition) is 5. The standard InChI is InChI=1S/C18H21N3O4/c1-11-8-15(22)16(19-10-11)18(24)21-6-4-20(5-7-21)17(23)14-9-12(2)25-13(14)3/h8-10,22H,4-7H2,1-3H3. The topological polar surface area (TPSA) is 86.9 Å². The van der Waals surface area contributed by atoms with Gasteiger partial charge in [0.15, 0.2) is 5.69 Å². The Balaban J connectivity index is 1.66. The molecule has 3 rings (SSSR count). The fraction of sp³-hybridized carbons (Fsp3) is 0.389. The van der Waals surface area contributed by atoms with Crippen molar-refractivity contribution >= 4 is 11.8 Å². The van der Waals surface area contributed by atoms with Gasteiger partial charge in [-0.2, -0.15) is 0 Å². The summed E-state index contributed by atoms with van der Waals surface area (Å²) >= 11 is 0. The zero-order chi connectivity index (χ0) is 18.1. The number of pyridine rings is 1. The lowest BCUT2D eigenvalue weighted by atomic mass is 10.2. The molecule has 7 heteroatoms. The van der Waals surface area contributed by atoms with Crippen molar-refractivity contribution in [3.8, 4) is 5.75 Å². The second-order valence-corrected chi connectivity index (χ2v) is 6.29. The molecular weight excluding hydrogens is 322 g/mol. The lowest BCUT2D eigenvalue weighted by Crippen LogP contribution is -2.50. The minimum absolute atomic E-state index is 0.0479. The molecule has 2 aromatic rings. The van der Waals surface area contributed by atoms with Crippen LogP contribution in [0.1, 0.15) is 37.9 Å². The first-order valence-electron chi connectivity index (χ1n) is 8.18. The van der Waals surface area contributed by atoms with Crippen molar-refractivity contribution in [2.75, 3.05) is 26.2 Å². The third kappa shape index (κ3) is 3.35. The summed E-state index contributed by atoms with van der Waals surface area (Å²) in [6.07, 6.45) is 1.55. The lowest BCUT2D eigenvalue weighted by Gasteiger charge is -2.34. The van der Waals surface area contributed by atoms with Crippen molar-refractivity contribution < 1.29 is 19.1 Å². The van der Waals surface area contributed by atoms with Gasteiger partial charge in [-0.25, -0.2) is 4.98 Å². The van der Waals surface area contributed by atoms with E-state index in [1.165, 1.54) is 6.07 Å². The van der Waals surface area contributed by atoms with Crippen molar-refractivity contribution in [3.05, 3.63) is 46.7 Å². The molecule has 2 aromatic heterocycles. The molecule has 1 aliphatic heterocycles. The molecule has 3 heterocycles. The summed E-state index contributed by atoms with van der Waals surface area (Å²) in [7, 11) is 0. The van der Waals surface area contributed by atoms with Gasteiger partial charge in [-0.3, -0.25) is 9.59 Å². The van der Waals surface area contributed by atoms with Crippen LogP contribution in [0.4, 0.5) is 0 Å². The van der Waals surface area contributed by atoms with Gasteiger partial charge in [0, 0.05) is 32.4 Å². The number of carbonyl (C=O) groups is 2. The Hall–Kier alpha value is -2.83. The molecule has 1 saturated heterocycles. The Morgan fingerprint density at radius 3 is 2.16 bits per heavy atom. The van der Waals surface area contributed by atoms with Crippen LogP contribution in [0.2, 0.25) is 0 Å². The second-order valence-electron chi connectivity index (χ2n) is 6.29. The number of aryl methyl sites for hydroxylation is 3. The smallest absolute Gasteiger partial charge is 0.276 e. The van der Waals surface area contributed by atoms with E-state index in [1.54, 1.807) is 42.8 Å². The summed E-state index contributed by atoms with van der Waals surface area (Å²) in [5.74, 6) is 0.788. The summed E-state index contributed by atoms with van der Waals surface area (Å²) in [5.41, 5.74) is 1.40. The Bertz CT molecular complexity index is 820. The predicted molar refractivity (Wildman–Crippen MR) is 90.6 cm³/mol. The van der Waals surface area contributed by atoms with Crippen LogP contribution >= 0.6 is 0 Å². The summed E-state index contributed by atoms with van der Waals surface area (Å²) in [4.78, 5) is 32.5. The Labute approximate surface area is 145 Å². The molecule has 1 fully saturated rings. The van der Waals surface area contributed by atoms with Crippen LogP contribution in [0.5, 0.6) is 5.75 Å². The van der Waals surface area contributed by atoms with Crippen molar-refractivity contribution in [1.29, 1.82) is 0 Å². The monoisotopic (exact) mass is 343 g/mol. The van der Waals surface area contributed by atoms with Gasteiger partial charge >= 0.3 is 0 Å². The summed E-state index contributed by atoms with van der Waals surface area (Å²) < 4.78 is 5.42. The van der Waals surface area contributed by atoms with Gasteiger partial charge in [0.2, 0.25) is 0 Å². The number of carbonyl (C=O) groups excluding carboxylic acids is 2. The van der Waals surface area contributed by atoms with E-state index in [1.807, 2.05) is 0 Å². The number of furan rings is 1. The van der Waals surface area contributed by atoms with Gasteiger partial charge in [0.25, 0.3) is 11.8 Å². The highest BCUT2D eigenvalue weighted by Crippen LogP contribution is 2.20. The summed E-state index contributed by atoms with van der Waals surface area (Å²) in [6, 6.07) is 3.26. The zero-order valence-electron chi connectivity index (χ0n) is 14.6. The number of hydrogen-bond donors (Lipinski definition) is 1. The number of aromatic hydroxyl groups is 1. The van der Waals surface area contributed by atoms with E-state index in [4.69, 9.17) is 4.42 Å². The van der Waals surface area contributed by atoms with E-state index >= 15 is 0 Å². The molecule has 25 heavy (non-hydrogen) atoms. The number of amides is 2. The number of nitrogens with zero attached hydrogens (tertiary/aromatic N) is 3.